The summed E-state index contributed by atoms with van der Waals surface area (Å²) in [4.78, 5) is 2.39. The van der Waals surface area contributed by atoms with Gasteiger partial charge in [0.1, 0.15) is 11.6 Å². The van der Waals surface area contributed by atoms with Crippen LogP contribution in [0.1, 0.15) is 41.5 Å². The summed E-state index contributed by atoms with van der Waals surface area (Å²) in [5, 5.41) is 4.05. The van der Waals surface area contributed by atoms with E-state index in [1.54, 1.807) is 12.1 Å². The average Bonchev–Trinajstić information content (AvgIpc) is 2.97. The molecule has 1 aromatic heterocycles. The third kappa shape index (κ3) is 2.48. The Labute approximate surface area is 118 Å². The fourth-order valence-electron chi connectivity index (χ4n) is 3.18. The molecule has 1 atom stereocenters. The van der Waals surface area contributed by atoms with Gasteiger partial charge in [-0.1, -0.05) is 17.3 Å². The van der Waals surface area contributed by atoms with E-state index >= 15 is 0 Å². The van der Waals surface area contributed by atoms with Gasteiger partial charge in [0.05, 0.1) is 5.69 Å². The number of rotatable bonds is 3. The largest absolute Gasteiger partial charge is 0.361 e. The molecule has 1 unspecified atom stereocenters. The minimum absolute atomic E-state index is 0.171. The van der Waals surface area contributed by atoms with Crippen molar-refractivity contribution in [1.82, 2.24) is 10.1 Å². The predicted molar refractivity (Wildman–Crippen MR) is 74.8 cm³/mol. The summed E-state index contributed by atoms with van der Waals surface area (Å²) in [6.45, 7) is 5.76. The van der Waals surface area contributed by atoms with Crippen LogP contribution in [0.2, 0.25) is 0 Å². The highest BCUT2D eigenvalue weighted by Crippen LogP contribution is 2.36. The van der Waals surface area contributed by atoms with Crippen molar-refractivity contribution in [3.8, 4) is 0 Å². The van der Waals surface area contributed by atoms with Crippen molar-refractivity contribution in [3.63, 3.8) is 0 Å². The van der Waals surface area contributed by atoms with Crippen LogP contribution >= 0.6 is 0 Å². The van der Waals surface area contributed by atoms with Crippen molar-refractivity contribution in [2.24, 2.45) is 0 Å². The molecule has 2 aromatic rings. The Balaban J connectivity index is 1.83. The van der Waals surface area contributed by atoms with Gasteiger partial charge in [0.2, 0.25) is 0 Å². The SMILES string of the molecule is Cc1noc(C)c1C1CCCN1Cc1cccc(F)c1. The maximum Gasteiger partial charge on any atom is 0.138 e. The molecule has 0 radical (unpaired) electrons. The van der Waals surface area contributed by atoms with Gasteiger partial charge in [-0.3, -0.25) is 4.90 Å². The fraction of sp³-hybridized carbons (Fsp3) is 0.438. The fourth-order valence-corrected chi connectivity index (χ4v) is 3.18. The smallest absolute Gasteiger partial charge is 0.138 e. The first kappa shape index (κ1) is 13.3. The van der Waals surface area contributed by atoms with Crippen LogP contribution in [-0.2, 0) is 6.54 Å². The molecular formula is C16H19FN2O. The summed E-state index contributed by atoms with van der Waals surface area (Å²) in [7, 11) is 0. The van der Waals surface area contributed by atoms with Crippen LogP contribution < -0.4 is 0 Å². The number of aromatic nitrogens is 1. The predicted octanol–water partition coefficient (Wildman–Crippen LogP) is 3.77. The lowest BCUT2D eigenvalue weighted by Crippen LogP contribution is -2.23. The van der Waals surface area contributed by atoms with Crippen LogP contribution in [0.5, 0.6) is 0 Å². The molecule has 1 aliphatic rings. The van der Waals surface area contributed by atoms with Gasteiger partial charge in [-0.05, 0) is 50.9 Å². The third-order valence-electron chi connectivity index (χ3n) is 4.06. The minimum atomic E-state index is -0.171. The molecule has 0 spiro atoms. The Hall–Kier alpha value is -1.68. The summed E-state index contributed by atoms with van der Waals surface area (Å²) < 4.78 is 18.6. The Kier molecular flexibility index (Phi) is 3.57. The van der Waals surface area contributed by atoms with Crippen molar-refractivity contribution in [1.29, 1.82) is 0 Å². The number of halogens is 1. The van der Waals surface area contributed by atoms with E-state index in [0.29, 0.717) is 6.04 Å². The lowest BCUT2D eigenvalue weighted by atomic mass is 10.0. The number of hydrogen-bond acceptors (Lipinski definition) is 3. The number of nitrogens with zero attached hydrogens (tertiary/aromatic N) is 2. The van der Waals surface area contributed by atoms with Crippen molar-refractivity contribution in [2.75, 3.05) is 6.54 Å². The highest BCUT2D eigenvalue weighted by Gasteiger charge is 2.30. The molecule has 1 saturated heterocycles. The standard InChI is InChI=1S/C16H19FN2O/c1-11-16(12(2)20-18-11)15-7-4-8-19(15)10-13-5-3-6-14(17)9-13/h3,5-6,9,15H,4,7-8,10H2,1-2H3. The molecule has 0 amide bonds. The lowest BCUT2D eigenvalue weighted by molar-refractivity contribution is 0.245. The second-order valence-corrected chi connectivity index (χ2v) is 5.50. The van der Waals surface area contributed by atoms with E-state index in [-0.39, 0.29) is 5.82 Å². The van der Waals surface area contributed by atoms with E-state index in [1.165, 1.54) is 11.6 Å². The molecule has 0 saturated carbocycles. The molecule has 0 bridgehead atoms. The summed E-state index contributed by atoms with van der Waals surface area (Å²) in [6.07, 6.45) is 2.27. The van der Waals surface area contributed by atoms with Crippen LogP contribution in [0.25, 0.3) is 0 Å². The summed E-state index contributed by atoms with van der Waals surface area (Å²) in [5.74, 6) is 0.731. The van der Waals surface area contributed by atoms with E-state index < -0.39 is 0 Å². The van der Waals surface area contributed by atoms with E-state index in [9.17, 15) is 4.39 Å². The molecular weight excluding hydrogens is 255 g/mol. The van der Waals surface area contributed by atoms with Crippen LogP contribution in [-0.4, -0.2) is 16.6 Å². The Bertz CT molecular complexity index is 589. The topological polar surface area (TPSA) is 29.3 Å². The number of benzene rings is 1. The maximum atomic E-state index is 13.3. The number of hydrogen-bond donors (Lipinski definition) is 0. The third-order valence-corrected chi connectivity index (χ3v) is 4.06. The van der Waals surface area contributed by atoms with Crippen molar-refractivity contribution in [3.05, 3.63) is 52.7 Å². The molecule has 3 nitrogen and oxygen atoms in total. The van der Waals surface area contributed by atoms with Gasteiger partial charge in [-0.15, -0.1) is 0 Å². The molecule has 1 fully saturated rings. The molecule has 1 aliphatic heterocycles. The summed E-state index contributed by atoms with van der Waals surface area (Å²) in [5.41, 5.74) is 3.20. The molecule has 106 valence electrons. The monoisotopic (exact) mass is 274 g/mol. The van der Waals surface area contributed by atoms with Gasteiger partial charge in [0.25, 0.3) is 0 Å². The Morgan fingerprint density at radius 2 is 2.25 bits per heavy atom. The van der Waals surface area contributed by atoms with Crippen LogP contribution in [0.3, 0.4) is 0 Å². The average molecular weight is 274 g/mol. The zero-order valence-electron chi connectivity index (χ0n) is 11.9. The van der Waals surface area contributed by atoms with Crippen LogP contribution in [0, 0.1) is 19.7 Å². The first-order chi connectivity index (χ1) is 9.65. The first-order valence-corrected chi connectivity index (χ1v) is 7.06. The van der Waals surface area contributed by atoms with Gasteiger partial charge in [-0.25, -0.2) is 4.39 Å². The van der Waals surface area contributed by atoms with E-state index in [4.69, 9.17) is 4.52 Å². The normalized spacial score (nSPS) is 19.6. The Morgan fingerprint density at radius 3 is 2.95 bits per heavy atom. The van der Waals surface area contributed by atoms with E-state index in [1.807, 2.05) is 19.9 Å². The van der Waals surface area contributed by atoms with Crippen molar-refractivity contribution in [2.45, 2.75) is 39.3 Å². The summed E-state index contributed by atoms with van der Waals surface area (Å²) >= 11 is 0. The van der Waals surface area contributed by atoms with E-state index in [0.717, 1.165) is 42.9 Å². The van der Waals surface area contributed by atoms with Crippen LogP contribution in [0.4, 0.5) is 4.39 Å². The zero-order valence-corrected chi connectivity index (χ0v) is 11.9. The number of aryl methyl sites for hydroxylation is 2. The molecule has 2 heterocycles. The Morgan fingerprint density at radius 1 is 1.40 bits per heavy atom. The lowest BCUT2D eigenvalue weighted by Gasteiger charge is -2.24. The van der Waals surface area contributed by atoms with Crippen LogP contribution in [0.15, 0.2) is 28.8 Å². The summed E-state index contributed by atoms with van der Waals surface area (Å²) in [6, 6.07) is 7.18. The minimum Gasteiger partial charge on any atom is -0.361 e. The van der Waals surface area contributed by atoms with E-state index in [2.05, 4.69) is 10.1 Å². The highest BCUT2D eigenvalue weighted by molar-refractivity contribution is 5.26. The number of likely N-dealkylation sites (tertiary alicyclic amines) is 1. The molecule has 0 aliphatic carbocycles. The molecule has 4 heteroatoms. The molecule has 0 N–H and O–H groups in total. The molecule has 1 aromatic carbocycles. The first-order valence-electron chi connectivity index (χ1n) is 7.06. The maximum absolute atomic E-state index is 13.3. The van der Waals surface area contributed by atoms with Gasteiger partial charge < -0.3 is 4.52 Å². The second kappa shape index (κ2) is 5.37. The van der Waals surface area contributed by atoms with Crippen molar-refractivity contribution >= 4 is 0 Å². The van der Waals surface area contributed by atoms with Gasteiger partial charge >= 0.3 is 0 Å². The van der Waals surface area contributed by atoms with Gasteiger partial charge in [0.15, 0.2) is 0 Å². The molecule has 3 rings (SSSR count). The van der Waals surface area contributed by atoms with Crippen molar-refractivity contribution < 1.29 is 8.91 Å². The van der Waals surface area contributed by atoms with Gasteiger partial charge in [-0.2, -0.15) is 0 Å². The second-order valence-electron chi connectivity index (χ2n) is 5.50. The zero-order chi connectivity index (χ0) is 14.1. The molecule has 20 heavy (non-hydrogen) atoms. The highest BCUT2D eigenvalue weighted by atomic mass is 19.1. The quantitative estimate of drug-likeness (QED) is 0.853. The van der Waals surface area contributed by atoms with Gasteiger partial charge in [0, 0.05) is 18.2 Å².